The molecule has 0 fully saturated rings. The van der Waals surface area contributed by atoms with Gasteiger partial charge in [0.1, 0.15) is 5.82 Å². The molecule has 0 amide bonds. The average molecular weight is 375 g/mol. The molecule has 1 N–H and O–H groups in total. The number of aliphatic hydroxyl groups excluding tert-OH is 1. The van der Waals surface area contributed by atoms with Gasteiger partial charge in [-0.15, -0.1) is 0 Å². The third-order valence-corrected chi connectivity index (χ3v) is 3.39. The van der Waals surface area contributed by atoms with Crippen LogP contribution >= 0.6 is 31.9 Å². The molecule has 0 bridgehead atoms. The Balaban J connectivity index is 2.16. The summed E-state index contributed by atoms with van der Waals surface area (Å²) in [5.41, 5.74) is 1.29. The molecule has 18 heavy (non-hydrogen) atoms. The van der Waals surface area contributed by atoms with Crippen LogP contribution < -0.4 is 0 Å². The second-order valence-corrected chi connectivity index (χ2v) is 5.72. The van der Waals surface area contributed by atoms with Crippen molar-refractivity contribution in [3.8, 4) is 0 Å². The number of halogens is 3. The smallest absolute Gasteiger partial charge is 0.124 e. The molecule has 0 aliphatic carbocycles. The molecular weight excluding hydrogens is 365 g/mol. The van der Waals surface area contributed by atoms with E-state index in [2.05, 4.69) is 36.8 Å². The van der Waals surface area contributed by atoms with Crippen molar-refractivity contribution in [3.05, 3.63) is 62.5 Å². The van der Waals surface area contributed by atoms with Gasteiger partial charge in [0.25, 0.3) is 0 Å². The largest absolute Gasteiger partial charge is 0.388 e. The number of hydrogen-bond acceptors (Lipinski definition) is 2. The standard InChI is InChI=1S/C13H10Br2FNO/c14-9-1-2-12(17-7-9)6-13(18)8-3-10(15)5-11(16)4-8/h1-5,7,13,18H,6H2. The zero-order valence-electron chi connectivity index (χ0n) is 9.28. The van der Waals surface area contributed by atoms with Crippen LogP contribution in [0.4, 0.5) is 4.39 Å². The third kappa shape index (κ3) is 3.60. The van der Waals surface area contributed by atoms with E-state index in [4.69, 9.17) is 0 Å². The molecule has 0 aliphatic rings. The van der Waals surface area contributed by atoms with E-state index in [-0.39, 0.29) is 5.82 Å². The lowest BCUT2D eigenvalue weighted by Crippen LogP contribution is -2.03. The van der Waals surface area contributed by atoms with Crippen LogP contribution in [0.2, 0.25) is 0 Å². The second kappa shape index (κ2) is 5.91. The molecule has 0 aliphatic heterocycles. The first-order valence-corrected chi connectivity index (χ1v) is 6.87. The van der Waals surface area contributed by atoms with Crippen LogP contribution in [0, 0.1) is 5.82 Å². The molecular formula is C13H10Br2FNO. The lowest BCUT2D eigenvalue weighted by atomic mass is 10.0. The molecule has 0 radical (unpaired) electrons. The number of nitrogens with zero attached hydrogens (tertiary/aromatic N) is 1. The zero-order chi connectivity index (χ0) is 13.1. The predicted molar refractivity (Wildman–Crippen MR) is 74.7 cm³/mol. The lowest BCUT2D eigenvalue weighted by Gasteiger charge is -2.11. The van der Waals surface area contributed by atoms with Gasteiger partial charge < -0.3 is 5.11 Å². The zero-order valence-corrected chi connectivity index (χ0v) is 12.4. The SMILES string of the molecule is OC(Cc1ccc(Br)cn1)c1cc(F)cc(Br)c1. The Hall–Kier alpha value is -0.780. The normalized spacial score (nSPS) is 12.4. The molecule has 5 heteroatoms. The van der Waals surface area contributed by atoms with Crippen molar-refractivity contribution in [2.24, 2.45) is 0 Å². The Labute approximate surface area is 121 Å². The maximum Gasteiger partial charge on any atom is 0.124 e. The van der Waals surface area contributed by atoms with Gasteiger partial charge in [-0.2, -0.15) is 0 Å². The van der Waals surface area contributed by atoms with Gasteiger partial charge in [-0.05, 0) is 51.8 Å². The number of pyridine rings is 1. The quantitative estimate of drug-likeness (QED) is 0.880. The lowest BCUT2D eigenvalue weighted by molar-refractivity contribution is 0.176. The van der Waals surface area contributed by atoms with Crippen LogP contribution in [0.25, 0.3) is 0 Å². The van der Waals surface area contributed by atoms with Crippen LogP contribution in [-0.4, -0.2) is 10.1 Å². The molecule has 0 saturated carbocycles. The first-order valence-electron chi connectivity index (χ1n) is 5.29. The monoisotopic (exact) mass is 373 g/mol. The highest BCUT2D eigenvalue weighted by Gasteiger charge is 2.11. The Morgan fingerprint density at radius 1 is 1.17 bits per heavy atom. The fraction of sp³-hybridized carbons (Fsp3) is 0.154. The van der Waals surface area contributed by atoms with Crippen LogP contribution in [0.5, 0.6) is 0 Å². The summed E-state index contributed by atoms with van der Waals surface area (Å²) in [6.07, 6.45) is 1.25. The van der Waals surface area contributed by atoms with Gasteiger partial charge in [-0.3, -0.25) is 4.98 Å². The highest BCUT2D eigenvalue weighted by Crippen LogP contribution is 2.23. The van der Waals surface area contributed by atoms with Gasteiger partial charge in [0.05, 0.1) is 6.10 Å². The van der Waals surface area contributed by atoms with Gasteiger partial charge in [-0.1, -0.05) is 15.9 Å². The molecule has 1 aromatic carbocycles. The number of rotatable bonds is 3. The van der Waals surface area contributed by atoms with Crippen LogP contribution in [0.15, 0.2) is 45.5 Å². The van der Waals surface area contributed by atoms with Crippen molar-refractivity contribution in [2.75, 3.05) is 0 Å². The maximum absolute atomic E-state index is 13.2. The van der Waals surface area contributed by atoms with Crippen molar-refractivity contribution < 1.29 is 9.50 Å². The van der Waals surface area contributed by atoms with E-state index < -0.39 is 6.10 Å². The van der Waals surface area contributed by atoms with E-state index in [0.29, 0.717) is 16.5 Å². The number of aliphatic hydroxyl groups is 1. The van der Waals surface area contributed by atoms with Crippen molar-refractivity contribution in [1.29, 1.82) is 0 Å². The molecule has 94 valence electrons. The van der Waals surface area contributed by atoms with Gasteiger partial charge >= 0.3 is 0 Å². The number of aromatic nitrogens is 1. The van der Waals surface area contributed by atoms with Crippen molar-refractivity contribution in [2.45, 2.75) is 12.5 Å². The Bertz CT molecular complexity index is 525. The van der Waals surface area contributed by atoms with E-state index in [1.807, 2.05) is 12.1 Å². The summed E-state index contributed by atoms with van der Waals surface area (Å²) >= 11 is 6.50. The maximum atomic E-state index is 13.2. The Morgan fingerprint density at radius 3 is 2.56 bits per heavy atom. The van der Waals surface area contributed by atoms with Crippen LogP contribution in [-0.2, 0) is 6.42 Å². The van der Waals surface area contributed by atoms with E-state index in [0.717, 1.165) is 10.2 Å². The minimum atomic E-state index is -0.773. The summed E-state index contributed by atoms with van der Waals surface area (Å²) in [6, 6.07) is 8.06. The van der Waals surface area contributed by atoms with E-state index in [1.54, 1.807) is 12.3 Å². The van der Waals surface area contributed by atoms with E-state index in [9.17, 15) is 9.50 Å². The number of benzene rings is 1. The molecule has 1 heterocycles. The molecule has 1 atom stereocenters. The summed E-state index contributed by atoms with van der Waals surface area (Å²) in [6.45, 7) is 0. The molecule has 0 spiro atoms. The molecule has 0 saturated heterocycles. The predicted octanol–water partition coefficient (Wildman–Crippen LogP) is 4.02. The Kier molecular flexibility index (Phi) is 4.48. The summed E-state index contributed by atoms with van der Waals surface area (Å²) in [4.78, 5) is 4.18. The number of hydrogen-bond donors (Lipinski definition) is 1. The van der Waals surface area contributed by atoms with Crippen molar-refractivity contribution in [1.82, 2.24) is 4.98 Å². The molecule has 1 aromatic heterocycles. The van der Waals surface area contributed by atoms with Crippen molar-refractivity contribution in [3.63, 3.8) is 0 Å². The summed E-state index contributed by atoms with van der Waals surface area (Å²) in [5, 5.41) is 10.1. The highest BCUT2D eigenvalue weighted by molar-refractivity contribution is 9.10. The second-order valence-electron chi connectivity index (χ2n) is 3.89. The highest BCUT2D eigenvalue weighted by atomic mass is 79.9. The van der Waals surface area contributed by atoms with Gasteiger partial charge in [0, 0.05) is 27.3 Å². The van der Waals surface area contributed by atoms with E-state index in [1.165, 1.54) is 12.1 Å². The minimum Gasteiger partial charge on any atom is -0.388 e. The first kappa shape index (κ1) is 13.6. The van der Waals surface area contributed by atoms with Gasteiger partial charge in [0.15, 0.2) is 0 Å². The topological polar surface area (TPSA) is 33.1 Å². The fourth-order valence-corrected chi connectivity index (χ4v) is 2.33. The molecule has 2 aromatic rings. The van der Waals surface area contributed by atoms with Gasteiger partial charge in [0.2, 0.25) is 0 Å². The van der Waals surface area contributed by atoms with Crippen LogP contribution in [0.3, 0.4) is 0 Å². The van der Waals surface area contributed by atoms with Crippen molar-refractivity contribution >= 4 is 31.9 Å². The summed E-state index contributed by atoms with van der Waals surface area (Å²) in [5.74, 6) is -0.373. The Morgan fingerprint density at radius 2 is 1.94 bits per heavy atom. The fourth-order valence-electron chi connectivity index (χ4n) is 1.61. The van der Waals surface area contributed by atoms with E-state index >= 15 is 0 Å². The van der Waals surface area contributed by atoms with Crippen LogP contribution in [0.1, 0.15) is 17.4 Å². The first-order chi connectivity index (χ1) is 8.54. The average Bonchev–Trinajstić information content (AvgIpc) is 2.31. The molecule has 2 nitrogen and oxygen atoms in total. The summed E-state index contributed by atoms with van der Waals surface area (Å²) < 4.78 is 14.7. The third-order valence-electron chi connectivity index (χ3n) is 2.46. The summed E-state index contributed by atoms with van der Waals surface area (Å²) in [7, 11) is 0. The van der Waals surface area contributed by atoms with Gasteiger partial charge in [-0.25, -0.2) is 4.39 Å². The molecule has 2 rings (SSSR count). The minimum absolute atomic E-state index is 0.350. The molecule has 1 unspecified atom stereocenters.